The van der Waals surface area contributed by atoms with E-state index in [0.29, 0.717) is 29.2 Å². The van der Waals surface area contributed by atoms with E-state index in [2.05, 4.69) is 10.3 Å². The molecule has 4 aliphatic heterocycles. The van der Waals surface area contributed by atoms with Gasteiger partial charge in [-0.05, 0) is 41.8 Å². The highest BCUT2D eigenvalue weighted by Crippen LogP contribution is 2.37. The van der Waals surface area contributed by atoms with Gasteiger partial charge in [-0.15, -0.1) is 0 Å². The first kappa shape index (κ1) is 26.7. The summed E-state index contributed by atoms with van der Waals surface area (Å²) in [5, 5.41) is 8.09. The van der Waals surface area contributed by atoms with Gasteiger partial charge in [0.15, 0.2) is 0 Å². The maximum Gasteiger partial charge on any atom is 0.278 e. The summed E-state index contributed by atoms with van der Waals surface area (Å²) in [4.78, 5) is 66.2. The predicted octanol–water partition coefficient (Wildman–Crippen LogP) is 3.86. The first-order valence-electron chi connectivity index (χ1n) is 14.5. The Morgan fingerprint density at radius 2 is 0.867 bits per heavy atom. The highest BCUT2D eigenvalue weighted by atomic mass is 16.7. The van der Waals surface area contributed by atoms with Gasteiger partial charge in [-0.25, -0.2) is 9.80 Å². The van der Waals surface area contributed by atoms with Crippen LogP contribution in [0.5, 0.6) is 0 Å². The van der Waals surface area contributed by atoms with Crippen LogP contribution >= 0.6 is 0 Å². The fraction of sp³-hybridized carbons (Fsp3) is 0.143. The van der Waals surface area contributed by atoms with E-state index in [-0.39, 0.29) is 11.8 Å². The molecule has 0 unspecified atom stereocenters. The van der Waals surface area contributed by atoms with Gasteiger partial charge in [0.2, 0.25) is 24.0 Å². The lowest BCUT2D eigenvalue weighted by molar-refractivity contribution is -0.127. The third-order valence-corrected chi connectivity index (χ3v) is 8.56. The number of carbonyl (C=O) groups is 4. The average Bonchev–Trinajstić information content (AvgIpc) is 3.82. The molecule has 2 fully saturated rings. The molecular formula is C35H24N4O6. The largest absolute Gasteiger partial charge is 0.381 e. The number of carbonyl (C=O) groups excluding carboxylic acids is 4. The molecule has 0 aliphatic carbocycles. The van der Waals surface area contributed by atoms with Gasteiger partial charge < -0.3 is 9.68 Å². The van der Waals surface area contributed by atoms with Crippen LogP contribution in [0.15, 0.2) is 120 Å². The molecule has 45 heavy (non-hydrogen) atoms. The second-order valence-corrected chi connectivity index (χ2v) is 11.2. The van der Waals surface area contributed by atoms with Crippen molar-refractivity contribution >= 4 is 46.4 Å². The minimum Gasteiger partial charge on any atom is -0.381 e. The average molecular weight is 597 g/mol. The van der Waals surface area contributed by atoms with E-state index >= 15 is 0 Å². The maximum absolute atomic E-state index is 13.4. The number of amides is 4. The Bertz CT molecular complexity index is 1780. The van der Waals surface area contributed by atoms with Gasteiger partial charge in [-0.1, -0.05) is 95.2 Å². The summed E-state index contributed by atoms with van der Waals surface area (Å²) >= 11 is 0. The lowest BCUT2D eigenvalue weighted by Gasteiger charge is -2.17. The van der Waals surface area contributed by atoms with Gasteiger partial charge in [0.1, 0.15) is 23.3 Å². The van der Waals surface area contributed by atoms with Crippen LogP contribution in [0.25, 0.3) is 0 Å². The molecule has 220 valence electrons. The third kappa shape index (κ3) is 4.25. The van der Waals surface area contributed by atoms with Crippen LogP contribution < -0.4 is 9.80 Å². The predicted molar refractivity (Wildman–Crippen MR) is 163 cm³/mol. The topological polar surface area (TPSA) is 118 Å². The number of imide groups is 2. The smallest absolute Gasteiger partial charge is 0.278 e. The zero-order chi connectivity index (χ0) is 30.7. The molecule has 0 bridgehead atoms. The molecule has 10 nitrogen and oxygen atoms in total. The Morgan fingerprint density at radius 3 is 1.24 bits per heavy atom. The van der Waals surface area contributed by atoms with Crippen molar-refractivity contribution in [2.24, 2.45) is 22.1 Å². The number of anilines is 2. The third-order valence-electron chi connectivity index (χ3n) is 8.56. The van der Waals surface area contributed by atoms with Crippen LogP contribution in [0.2, 0.25) is 0 Å². The second-order valence-electron chi connectivity index (χ2n) is 11.2. The molecule has 2 saturated heterocycles. The molecule has 4 amide bonds. The molecule has 4 atom stereocenters. The Morgan fingerprint density at radius 1 is 0.489 bits per heavy atom. The van der Waals surface area contributed by atoms with Crippen LogP contribution in [0, 0.1) is 11.8 Å². The highest BCUT2D eigenvalue weighted by Gasteiger charge is 2.57. The summed E-state index contributed by atoms with van der Waals surface area (Å²) in [5.74, 6) is -3.17. The van der Waals surface area contributed by atoms with Crippen molar-refractivity contribution in [3.63, 3.8) is 0 Å². The van der Waals surface area contributed by atoms with E-state index in [9.17, 15) is 19.2 Å². The fourth-order valence-electron chi connectivity index (χ4n) is 6.32. The van der Waals surface area contributed by atoms with Crippen LogP contribution in [0.4, 0.5) is 11.4 Å². The minimum atomic E-state index is -0.969. The molecule has 0 aromatic heterocycles. The highest BCUT2D eigenvalue weighted by molar-refractivity contribution is 6.33. The van der Waals surface area contributed by atoms with Gasteiger partial charge in [-0.2, -0.15) is 0 Å². The van der Waals surface area contributed by atoms with E-state index in [4.69, 9.17) is 9.68 Å². The Labute approximate surface area is 257 Å². The van der Waals surface area contributed by atoms with Crippen molar-refractivity contribution < 1.29 is 28.9 Å². The summed E-state index contributed by atoms with van der Waals surface area (Å²) in [6.45, 7) is 0. The molecule has 4 aliphatic rings. The van der Waals surface area contributed by atoms with Crippen LogP contribution in [0.1, 0.15) is 22.3 Å². The molecule has 0 radical (unpaired) electrons. The Balaban J connectivity index is 0.954. The number of oxime groups is 2. The second kappa shape index (κ2) is 10.4. The van der Waals surface area contributed by atoms with E-state index in [1.165, 1.54) is 9.80 Å². The van der Waals surface area contributed by atoms with Crippen LogP contribution in [0.3, 0.4) is 0 Å². The molecule has 4 aromatic rings. The zero-order valence-electron chi connectivity index (χ0n) is 23.6. The van der Waals surface area contributed by atoms with Crippen molar-refractivity contribution in [1.82, 2.24) is 0 Å². The van der Waals surface area contributed by atoms with Crippen molar-refractivity contribution in [3.05, 3.63) is 131 Å². The number of hydrogen-bond acceptors (Lipinski definition) is 8. The van der Waals surface area contributed by atoms with Crippen molar-refractivity contribution in [3.8, 4) is 0 Å². The van der Waals surface area contributed by atoms with Gasteiger partial charge in [0.05, 0.1) is 11.4 Å². The van der Waals surface area contributed by atoms with Crippen molar-refractivity contribution in [2.75, 3.05) is 9.80 Å². The Hall–Kier alpha value is -5.90. The molecule has 8 rings (SSSR count). The summed E-state index contributed by atoms with van der Waals surface area (Å²) < 4.78 is 0. The van der Waals surface area contributed by atoms with E-state index < -0.39 is 35.9 Å². The number of nitrogens with zero attached hydrogens (tertiary/aromatic N) is 4. The fourth-order valence-corrected chi connectivity index (χ4v) is 6.32. The van der Waals surface area contributed by atoms with Gasteiger partial charge in [0, 0.05) is 11.1 Å². The summed E-state index contributed by atoms with van der Waals surface area (Å²) in [5.41, 5.74) is 5.24. The number of hydrogen-bond donors (Lipinski definition) is 0. The first-order chi connectivity index (χ1) is 22.0. The minimum absolute atomic E-state index is 0.365. The molecule has 0 spiro atoms. The SMILES string of the molecule is O=C1[C@@H]2C(c3ccccc3)=NO[C@@H]2C(=O)N1c1ccc(Cc2ccc(N3C(=O)[C@H]4C(c5ccccc5)=NO[C@H]4C3=O)cc2)cc1. The molecular weight excluding hydrogens is 572 g/mol. The van der Waals surface area contributed by atoms with Gasteiger partial charge >= 0.3 is 0 Å². The summed E-state index contributed by atoms with van der Waals surface area (Å²) in [6.07, 6.45) is -1.38. The quantitative estimate of drug-likeness (QED) is 0.312. The normalized spacial score (nSPS) is 23.5. The van der Waals surface area contributed by atoms with Crippen LogP contribution in [-0.2, 0) is 35.3 Å². The number of benzene rings is 4. The van der Waals surface area contributed by atoms with E-state index in [1.807, 2.05) is 84.9 Å². The van der Waals surface area contributed by atoms with Crippen molar-refractivity contribution in [1.29, 1.82) is 0 Å². The van der Waals surface area contributed by atoms with Crippen LogP contribution in [-0.4, -0.2) is 47.3 Å². The number of fused-ring (bicyclic) bond motifs is 2. The van der Waals surface area contributed by atoms with Gasteiger partial charge in [0.25, 0.3) is 11.8 Å². The monoisotopic (exact) mass is 596 g/mol. The molecule has 0 N–H and O–H groups in total. The van der Waals surface area contributed by atoms with Crippen molar-refractivity contribution in [2.45, 2.75) is 18.6 Å². The Kier molecular flexibility index (Phi) is 6.16. The summed E-state index contributed by atoms with van der Waals surface area (Å²) in [7, 11) is 0. The lowest BCUT2D eigenvalue weighted by Crippen LogP contribution is -2.33. The number of rotatable bonds is 6. The summed E-state index contributed by atoms with van der Waals surface area (Å²) in [6, 6.07) is 32.9. The standard InChI is InChI=1S/C35H24N4O6/c40-32-26-28(22-7-3-1-4-8-22)36-44-30(26)34(42)38(32)24-15-11-20(12-16-24)19-21-13-17-25(18-14-21)39-33(41)27-29(23-9-5-2-6-10-23)37-45-31(27)35(39)43/h1-18,26-27,30-31H,19H2/t26-,27+,30+,31-. The molecule has 0 saturated carbocycles. The first-order valence-corrected chi connectivity index (χ1v) is 14.5. The maximum atomic E-state index is 13.4. The van der Waals surface area contributed by atoms with E-state index in [1.54, 1.807) is 24.3 Å². The van der Waals surface area contributed by atoms with Gasteiger partial charge in [-0.3, -0.25) is 19.2 Å². The van der Waals surface area contributed by atoms with E-state index in [0.717, 1.165) is 22.3 Å². The molecule has 4 aromatic carbocycles. The zero-order valence-corrected chi connectivity index (χ0v) is 23.6. The lowest BCUT2D eigenvalue weighted by atomic mass is 9.94. The molecule has 4 heterocycles. The molecule has 10 heteroatoms.